The van der Waals surface area contributed by atoms with Crippen LogP contribution in [0.4, 0.5) is 0 Å². The number of furan rings is 1. The van der Waals surface area contributed by atoms with E-state index in [0.717, 1.165) is 23.1 Å². The third kappa shape index (κ3) is 2.53. The Morgan fingerprint density at radius 1 is 1.36 bits per heavy atom. The number of aromatic nitrogens is 1. The van der Waals surface area contributed by atoms with Crippen LogP contribution in [0, 0.1) is 6.92 Å². The highest BCUT2D eigenvalue weighted by atomic mass is 16.5. The first-order valence-corrected chi connectivity index (χ1v) is 8.66. The van der Waals surface area contributed by atoms with Crippen LogP contribution in [-0.4, -0.2) is 17.6 Å². The van der Waals surface area contributed by atoms with Crippen molar-refractivity contribution in [3.8, 4) is 0 Å². The van der Waals surface area contributed by atoms with Gasteiger partial charge in [0.2, 0.25) is 0 Å². The Hall–Kier alpha value is -2.62. The molecule has 0 radical (unpaired) electrons. The number of fused-ring (bicyclic) bond motifs is 1. The largest absolute Gasteiger partial charge is 0.462 e. The molecule has 4 heteroatoms. The van der Waals surface area contributed by atoms with E-state index >= 15 is 0 Å². The van der Waals surface area contributed by atoms with Crippen molar-refractivity contribution in [3.05, 3.63) is 65.2 Å². The number of ether oxygens (including phenoxy) is 1. The minimum atomic E-state index is -0.320. The molecule has 2 unspecified atom stereocenters. The maximum atomic E-state index is 12.3. The zero-order valence-electron chi connectivity index (χ0n) is 14.7. The highest BCUT2D eigenvalue weighted by Crippen LogP contribution is 2.59. The Labute approximate surface area is 146 Å². The first kappa shape index (κ1) is 15.9. The van der Waals surface area contributed by atoms with Crippen molar-refractivity contribution in [1.29, 1.82) is 0 Å². The van der Waals surface area contributed by atoms with Gasteiger partial charge in [-0.15, -0.1) is 0 Å². The molecule has 1 saturated carbocycles. The lowest BCUT2D eigenvalue weighted by atomic mass is 9.96. The van der Waals surface area contributed by atoms with E-state index in [1.54, 1.807) is 6.92 Å². The number of hydrogen-bond acceptors (Lipinski definition) is 4. The van der Waals surface area contributed by atoms with Gasteiger partial charge >= 0.3 is 5.97 Å². The smallest absolute Gasteiger partial charge is 0.342 e. The molecule has 3 aromatic rings. The molecule has 4 nitrogen and oxygen atoms in total. The molecule has 4 rings (SSSR count). The third-order valence-corrected chi connectivity index (χ3v) is 5.26. The molecule has 25 heavy (non-hydrogen) atoms. The zero-order valence-corrected chi connectivity index (χ0v) is 14.7. The Morgan fingerprint density at radius 3 is 2.92 bits per heavy atom. The quantitative estimate of drug-likeness (QED) is 0.645. The fourth-order valence-corrected chi connectivity index (χ4v) is 3.75. The van der Waals surface area contributed by atoms with Gasteiger partial charge in [-0.25, -0.2) is 4.79 Å². The predicted molar refractivity (Wildman–Crippen MR) is 95.9 cm³/mol. The molecule has 1 aliphatic rings. The van der Waals surface area contributed by atoms with Gasteiger partial charge in [0.1, 0.15) is 16.9 Å². The monoisotopic (exact) mass is 335 g/mol. The molecule has 0 aliphatic heterocycles. The van der Waals surface area contributed by atoms with Crippen molar-refractivity contribution in [1.82, 2.24) is 4.98 Å². The molecular formula is C21H21NO3. The van der Waals surface area contributed by atoms with Gasteiger partial charge < -0.3 is 9.15 Å². The summed E-state index contributed by atoms with van der Waals surface area (Å²) >= 11 is 0. The molecule has 0 bridgehead atoms. The predicted octanol–water partition coefficient (Wildman–Crippen LogP) is 4.76. The van der Waals surface area contributed by atoms with E-state index in [4.69, 9.17) is 9.15 Å². The van der Waals surface area contributed by atoms with E-state index in [1.165, 1.54) is 5.56 Å². The highest BCUT2D eigenvalue weighted by Gasteiger charge is 2.53. The lowest BCUT2D eigenvalue weighted by Gasteiger charge is -2.11. The molecule has 0 spiro atoms. The summed E-state index contributed by atoms with van der Waals surface area (Å²) in [5.41, 5.74) is 3.65. The van der Waals surface area contributed by atoms with Crippen LogP contribution < -0.4 is 0 Å². The van der Waals surface area contributed by atoms with E-state index in [9.17, 15) is 4.79 Å². The van der Waals surface area contributed by atoms with E-state index in [-0.39, 0.29) is 11.4 Å². The number of hydrogen-bond donors (Lipinski definition) is 0. The van der Waals surface area contributed by atoms with Gasteiger partial charge in [-0.3, -0.25) is 4.98 Å². The van der Waals surface area contributed by atoms with E-state index < -0.39 is 0 Å². The van der Waals surface area contributed by atoms with Crippen molar-refractivity contribution in [3.63, 3.8) is 0 Å². The van der Waals surface area contributed by atoms with Gasteiger partial charge in [-0.1, -0.05) is 19.1 Å². The van der Waals surface area contributed by atoms with Gasteiger partial charge in [0.25, 0.3) is 0 Å². The molecule has 1 fully saturated rings. The SMILES string of the molecule is CCOC(=O)c1c(C)oc2ccc(C3CC3(C)c3ccccn3)cc12. The van der Waals surface area contributed by atoms with Crippen molar-refractivity contribution in [2.45, 2.75) is 38.5 Å². The minimum absolute atomic E-state index is 0.0534. The summed E-state index contributed by atoms with van der Waals surface area (Å²) in [5, 5.41) is 0.837. The summed E-state index contributed by atoms with van der Waals surface area (Å²) in [6.07, 6.45) is 2.90. The third-order valence-electron chi connectivity index (χ3n) is 5.26. The number of pyridine rings is 1. The van der Waals surface area contributed by atoms with Crippen molar-refractivity contribution in [2.75, 3.05) is 6.61 Å². The Morgan fingerprint density at radius 2 is 2.20 bits per heavy atom. The fraction of sp³-hybridized carbons (Fsp3) is 0.333. The van der Waals surface area contributed by atoms with Gasteiger partial charge in [-0.2, -0.15) is 0 Å². The molecule has 2 aromatic heterocycles. The second kappa shape index (κ2) is 5.73. The summed E-state index contributed by atoms with van der Waals surface area (Å²) in [4.78, 5) is 16.8. The number of aryl methyl sites for hydroxylation is 1. The Bertz CT molecular complexity index is 944. The molecule has 0 amide bonds. The summed E-state index contributed by atoms with van der Waals surface area (Å²) in [5.74, 6) is 0.685. The second-order valence-corrected chi connectivity index (χ2v) is 6.90. The molecule has 1 aromatic carbocycles. The first-order chi connectivity index (χ1) is 12.0. The summed E-state index contributed by atoms with van der Waals surface area (Å²) < 4.78 is 10.9. The lowest BCUT2D eigenvalue weighted by molar-refractivity contribution is 0.0526. The maximum Gasteiger partial charge on any atom is 0.342 e. The lowest BCUT2D eigenvalue weighted by Crippen LogP contribution is -2.06. The van der Waals surface area contributed by atoms with Crippen LogP contribution in [0.5, 0.6) is 0 Å². The van der Waals surface area contributed by atoms with Gasteiger partial charge in [-0.05, 0) is 56.0 Å². The summed E-state index contributed by atoms with van der Waals surface area (Å²) in [7, 11) is 0. The number of esters is 1. The van der Waals surface area contributed by atoms with Crippen LogP contribution in [0.2, 0.25) is 0 Å². The van der Waals surface area contributed by atoms with E-state index in [2.05, 4.69) is 30.1 Å². The number of rotatable bonds is 4. The van der Waals surface area contributed by atoms with E-state index in [1.807, 2.05) is 31.3 Å². The van der Waals surface area contributed by atoms with Crippen LogP contribution in [0.1, 0.15) is 53.6 Å². The molecule has 2 atom stereocenters. The topological polar surface area (TPSA) is 52.3 Å². The van der Waals surface area contributed by atoms with E-state index in [0.29, 0.717) is 23.8 Å². The molecule has 2 heterocycles. The van der Waals surface area contributed by atoms with Crippen LogP contribution >= 0.6 is 0 Å². The molecule has 0 saturated heterocycles. The van der Waals surface area contributed by atoms with Gasteiger partial charge in [0.05, 0.1) is 6.61 Å². The molecule has 128 valence electrons. The molecule has 0 N–H and O–H groups in total. The number of carbonyl (C=O) groups is 1. The Balaban J connectivity index is 1.73. The standard InChI is InChI=1S/C21H21NO3/c1-4-24-20(23)19-13(2)25-17-9-8-14(11-15(17)19)16-12-21(16,3)18-7-5-6-10-22-18/h5-11,16H,4,12H2,1-3H3. The van der Waals surface area contributed by atoms with Crippen molar-refractivity contribution >= 4 is 16.9 Å². The fourth-order valence-electron chi connectivity index (χ4n) is 3.75. The second-order valence-electron chi connectivity index (χ2n) is 6.90. The average Bonchev–Trinajstić information content (AvgIpc) is 3.19. The minimum Gasteiger partial charge on any atom is -0.462 e. The zero-order chi connectivity index (χ0) is 17.6. The van der Waals surface area contributed by atoms with Gasteiger partial charge in [0, 0.05) is 22.7 Å². The van der Waals surface area contributed by atoms with Crippen LogP contribution in [0.3, 0.4) is 0 Å². The van der Waals surface area contributed by atoms with Crippen molar-refractivity contribution < 1.29 is 13.9 Å². The maximum absolute atomic E-state index is 12.3. The molecule has 1 aliphatic carbocycles. The average molecular weight is 335 g/mol. The highest BCUT2D eigenvalue weighted by molar-refractivity contribution is 6.04. The normalized spacial score (nSPS) is 22.1. The number of benzene rings is 1. The Kier molecular flexibility index (Phi) is 3.64. The van der Waals surface area contributed by atoms with Crippen LogP contribution in [-0.2, 0) is 10.2 Å². The van der Waals surface area contributed by atoms with Crippen LogP contribution in [0.25, 0.3) is 11.0 Å². The molecular weight excluding hydrogens is 314 g/mol. The van der Waals surface area contributed by atoms with Crippen molar-refractivity contribution in [2.24, 2.45) is 0 Å². The van der Waals surface area contributed by atoms with Crippen LogP contribution in [0.15, 0.2) is 47.0 Å². The first-order valence-electron chi connectivity index (χ1n) is 8.66. The summed E-state index contributed by atoms with van der Waals surface area (Å²) in [6, 6.07) is 12.2. The summed E-state index contributed by atoms with van der Waals surface area (Å²) in [6.45, 7) is 6.21. The number of carbonyl (C=O) groups excluding carboxylic acids is 1. The number of nitrogens with zero attached hydrogens (tertiary/aromatic N) is 1. The van der Waals surface area contributed by atoms with Gasteiger partial charge in [0.15, 0.2) is 0 Å².